The van der Waals surface area contributed by atoms with Crippen molar-refractivity contribution in [1.82, 2.24) is 9.88 Å². The topological polar surface area (TPSA) is 83.9 Å². The van der Waals surface area contributed by atoms with Gasteiger partial charge in [-0.15, -0.1) is 0 Å². The molecule has 3 aliphatic rings. The van der Waals surface area contributed by atoms with Crippen LogP contribution in [0.2, 0.25) is 0 Å². The average Bonchev–Trinajstić information content (AvgIpc) is 3.22. The Labute approximate surface area is 233 Å². The molecule has 1 fully saturated rings. The number of likely N-dealkylation sites (N-methyl/N-ethyl adjacent to an activating group) is 1. The van der Waals surface area contributed by atoms with Crippen molar-refractivity contribution < 1.29 is 19.4 Å². The lowest BCUT2D eigenvalue weighted by atomic mass is 9.86. The summed E-state index contributed by atoms with van der Waals surface area (Å²) < 4.78 is 12.4. The highest BCUT2D eigenvalue weighted by atomic mass is 16.5. The number of nitrogens with one attached hydrogen (secondary N) is 1. The number of carboxylic acid groups (broad SMARTS) is 1. The van der Waals surface area contributed by atoms with Gasteiger partial charge in [0.05, 0.1) is 12.7 Å². The number of carboxylic acids is 1. The first-order valence-electron chi connectivity index (χ1n) is 14.8. The first-order chi connectivity index (χ1) is 18.7. The summed E-state index contributed by atoms with van der Waals surface area (Å²) in [7, 11) is 1.97. The second-order valence-corrected chi connectivity index (χ2v) is 12.4. The molecule has 0 amide bonds. The molecule has 0 bridgehead atoms. The molecule has 212 valence electrons. The molecule has 1 aliphatic carbocycles. The second kappa shape index (κ2) is 11.8. The third-order valence-corrected chi connectivity index (χ3v) is 9.13. The zero-order valence-electron chi connectivity index (χ0n) is 24.0. The number of anilines is 1. The van der Waals surface area contributed by atoms with E-state index in [0.29, 0.717) is 6.61 Å². The van der Waals surface area contributed by atoms with Crippen LogP contribution in [-0.4, -0.2) is 59.9 Å². The van der Waals surface area contributed by atoms with Gasteiger partial charge in [-0.3, -0.25) is 9.69 Å². The maximum atomic E-state index is 12.7. The standard InChI is InChI=1S/C32H45N3O4/c1-21-15-18-38-26-12-7-11-25(28(21)26)29(31(36)37)35(4)24-19-27(32(2,3)20-24)39-17-6-5-10-23-14-13-22-9-8-16-33-30(22)34-23/h7,11-14,21,24,27,29H,5-6,8-10,15-20H2,1-4H3,(H,33,34)(H,36,37)/t21-,24?,27?,29+/m1/s1. The molecule has 7 nitrogen and oxygen atoms in total. The Morgan fingerprint density at radius 3 is 2.95 bits per heavy atom. The second-order valence-electron chi connectivity index (χ2n) is 12.4. The average molecular weight is 536 g/mol. The van der Waals surface area contributed by atoms with Crippen LogP contribution in [0, 0.1) is 5.41 Å². The smallest absolute Gasteiger partial charge is 0.325 e. The number of nitrogens with zero attached hydrogens (tertiary/aromatic N) is 2. The Morgan fingerprint density at radius 2 is 2.13 bits per heavy atom. The number of hydrogen-bond donors (Lipinski definition) is 2. The Balaban J connectivity index is 1.17. The number of carbonyl (C=O) groups is 1. The quantitative estimate of drug-likeness (QED) is 0.362. The first-order valence-corrected chi connectivity index (χ1v) is 14.8. The van der Waals surface area contributed by atoms with Gasteiger partial charge in [-0.1, -0.05) is 39.0 Å². The van der Waals surface area contributed by atoms with Crippen LogP contribution in [0.4, 0.5) is 5.82 Å². The van der Waals surface area contributed by atoms with E-state index in [-0.39, 0.29) is 23.5 Å². The number of aryl methyl sites for hydroxylation is 2. The van der Waals surface area contributed by atoms with E-state index in [1.54, 1.807) is 0 Å². The fourth-order valence-corrected chi connectivity index (χ4v) is 6.81. The molecule has 1 aromatic carbocycles. The van der Waals surface area contributed by atoms with Gasteiger partial charge in [-0.25, -0.2) is 4.98 Å². The summed E-state index contributed by atoms with van der Waals surface area (Å²) in [6.45, 7) is 9.10. The van der Waals surface area contributed by atoms with E-state index in [2.05, 4.69) is 43.1 Å². The molecule has 1 aromatic heterocycles. The number of ether oxygens (including phenoxy) is 2. The van der Waals surface area contributed by atoms with Gasteiger partial charge < -0.3 is 19.9 Å². The van der Waals surface area contributed by atoms with Crippen LogP contribution in [0.3, 0.4) is 0 Å². The highest BCUT2D eigenvalue weighted by molar-refractivity contribution is 5.77. The van der Waals surface area contributed by atoms with Crippen molar-refractivity contribution in [3.05, 3.63) is 52.7 Å². The Bertz CT molecular complexity index is 1170. The molecule has 2 aliphatic heterocycles. The summed E-state index contributed by atoms with van der Waals surface area (Å²) in [6, 6.07) is 9.69. The fourth-order valence-electron chi connectivity index (χ4n) is 6.81. The number of aliphatic carboxylic acids is 1. The number of pyridine rings is 1. The number of fused-ring (bicyclic) bond motifs is 2. The lowest BCUT2D eigenvalue weighted by molar-refractivity contribution is -0.144. The lowest BCUT2D eigenvalue weighted by Gasteiger charge is -2.34. The Kier molecular flexibility index (Phi) is 8.48. The van der Waals surface area contributed by atoms with Gasteiger partial charge in [-0.05, 0) is 93.0 Å². The molecule has 0 saturated heterocycles. The molecular weight excluding hydrogens is 490 g/mol. The molecule has 5 rings (SSSR count). The van der Waals surface area contributed by atoms with Crippen LogP contribution in [0.5, 0.6) is 5.75 Å². The molecule has 3 heterocycles. The highest BCUT2D eigenvalue weighted by Gasteiger charge is 2.45. The van der Waals surface area contributed by atoms with Gasteiger partial charge in [0, 0.05) is 30.5 Å². The number of aromatic nitrogens is 1. The third kappa shape index (κ3) is 6.09. The third-order valence-electron chi connectivity index (χ3n) is 9.13. The predicted octanol–water partition coefficient (Wildman–Crippen LogP) is 5.98. The summed E-state index contributed by atoms with van der Waals surface area (Å²) in [5.41, 5.74) is 4.38. The van der Waals surface area contributed by atoms with Gasteiger partial charge in [0.1, 0.15) is 17.6 Å². The van der Waals surface area contributed by atoms with E-state index < -0.39 is 12.0 Å². The molecule has 2 unspecified atom stereocenters. The minimum atomic E-state index is -0.808. The van der Waals surface area contributed by atoms with E-state index in [4.69, 9.17) is 14.5 Å². The van der Waals surface area contributed by atoms with Crippen molar-refractivity contribution in [2.24, 2.45) is 5.41 Å². The minimum Gasteiger partial charge on any atom is -0.493 e. The summed E-state index contributed by atoms with van der Waals surface area (Å²) in [6.07, 6.45) is 8.06. The van der Waals surface area contributed by atoms with Crippen molar-refractivity contribution >= 4 is 11.8 Å². The van der Waals surface area contributed by atoms with Gasteiger partial charge in [0.2, 0.25) is 0 Å². The van der Waals surface area contributed by atoms with Crippen LogP contribution in [0.1, 0.15) is 93.6 Å². The van der Waals surface area contributed by atoms with Crippen LogP contribution < -0.4 is 10.1 Å². The van der Waals surface area contributed by atoms with Crippen molar-refractivity contribution in [2.75, 3.05) is 32.1 Å². The summed E-state index contributed by atoms with van der Waals surface area (Å²) >= 11 is 0. The summed E-state index contributed by atoms with van der Waals surface area (Å²) in [5, 5.41) is 13.8. The van der Waals surface area contributed by atoms with Crippen LogP contribution >= 0.6 is 0 Å². The van der Waals surface area contributed by atoms with Crippen molar-refractivity contribution in [2.45, 2.75) is 96.2 Å². The molecule has 1 saturated carbocycles. The molecule has 7 heteroatoms. The maximum absolute atomic E-state index is 12.7. The zero-order valence-corrected chi connectivity index (χ0v) is 24.0. The largest absolute Gasteiger partial charge is 0.493 e. The monoisotopic (exact) mass is 535 g/mol. The highest BCUT2D eigenvalue weighted by Crippen LogP contribution is 2.45. The summed E-state index contributed by atoms with van der Waals surface area (Å²) in [5.74, 6) is 1.37. The minimum absolute atomic E-state index is 0.0137. The van der Waals surface area contributed by atoms with Crippen LogP contribution in [0.15, 0.2) is 30.3 Å². The number of rotatable bonds is 10. The molecule has 2 aromatic rings. The van der Waals surface area contributed by atoms with E-state index in [9.17, 15) is 9.90 Å². The first kappa shape index (κ1) is 27.9. The van der Waals surface area contributed by atoms with Crippen molar-refractivity contribution in [3.63, 3.8) is 0 Å². The molecule has 0 radical (unpaired) electrons. The number of benzene rings is 1. The van der Waals surface area contributed by atoms with Gasteiger partial charge in [-0.2, -0.15) is 0 Å². The molecule has 39 heavy (non-hydrogen) atoms. The zero-order chi connectivity index (χ0) is 27.6. The predicted molar refractivity (Wildman–Crippen MR) is 154 cm³/mol. The molecular formula is C32H45N3O4. The number of hydrogen-bond acceptors (Lipinski definition) is 6. The molecule has 0 spiro atoms. The fraction of sp³-hybridized carbons (Fsp3) is 0.625. The van der Waals surface area contributed by atoms with Gasteiger partial charge in [0.15, 0.2) is 0 Å². The van der Waals surface area contributed by atoms with Crippen LogP contribution in [-0.2, 0) is 22.4 Å². The molecule has 4 atom stereocenters. The lowest BCUT2D eigenvalue weighted by Crippen LogP contribution is -2.39. The van der Waals surface area contributed by atoms with E-state index in [0.717, 1.165) is 86.5 Å². The molecule has 2 N–H and O–H groups in total. The van der Waals surface area contributed by atoms with Gasteiger partial charge >= 0.3 is 5.97 Å². The van der Waals surface area contributed by atoms with E-state index in [1.807, 2.05) is 25.2 Å². The van der Waals surface area contributed by atoms with Crippen LogP contribution in [0.25, 0.3) is 0 Å². The Morgan fingerprint density at radius 1 is 1.28 bits per heavy atom. The SMILES string of the molecule is C[C@@H]1CCOc2cccc([C@@H](C(=O)O)N(C)C3CC(OCCCCc4ccc5c(n4)NCCC5)C(C)(C)C3)c21. The van der Waals surface area contributed by atoms with E-state index in [1.165, 1.54) is 12.0 Å². The maximum Gasteiger partial charge on any atom is 0.325 e. The Hall–Kier alpha value is -2.64. The number of unbranched alkanes of at least 4 members (excludes halogenated alkanes) is 1. The summed E-state index contributed by atoms with van der Waals surface area (Å²) in [4.78, 5) is 19.5. The normalized spacial score (nSPS) is 24.4. The van der Waals surface area contributed by atoms with Gasteiger partial charge in [0.25, 0.3) is 0 Å². The van der Waals surface area contributed by atoms with Crippen molar-refractivity contribution in [1.29, 1.82) is 0 Å². The van der Waals surface area contributed by atoms with Crippen molar-refractivity contribution in [3.8, 4) is 5.75 Å². The van der Waals surface area contributed by atoms with E-state index >= 15 is 0 Å².